The van der Waals surface area contributed by atoms with Crippen LogP contribution in [0.3, 0.4) is 0 Å². The smallest absolute Gasteiger partial charge is 0.155 e. The number of hydrogen-bond acceptors (Lipinski definition) is 4. The van der Waals surface area contributed by atoms with Gasteiger partial charge >= 0.3 is 0 Å². The van der Waals surface area contributed by atoms with Crippen molar-refractivity contribution in [1.82, 2.24) is 0 Å². The molecule has 2 fully saturated rings. The van der Waals surface area contributed by atoms with E-state index in [-0.39, 0.29) is 14.4 Å². The standard InChI is InChI=1S/C16H31O4P/c1-4-6-13(3)7-15-8-14(5-2)17-9-16(10-18-15)11-19-21-20-12-16/h13-15,21H,4-12H2,1-3H3. The summed E-state index contributed by atoms with van der Waals surface area (Å²) in [5.41, 5.74) is -0.106. The van der Waals surface area contributed by atoms with Crippen LogP contribution in [0.4, 0.5) is 0 Å². The zero-order valence-electron chi connectivity index (χ0n) is 13.7. The SMILES string of the molecule is CCCC(C)CC1CC(CC)OCC2(COPOC2)CO1. The van der Waals surface area contributed by atoms with Gasteiger partial charge in [0.05, 0.1) is 44.1 Å². The topological polar surface area (TPSA) is 36.9 Å². The maximum atomic E-state index is 6.29. The second-order valence-corrected chi connectivity index (χ2v) is 7.54. The lowest BCUT2D eigenvalue weighted by atomic mass is 9.90. The van der Waals surface area contributed by atoms with Crippen molar-refractivity contribution < 1.29 is 18.5 Å². The van der Waals surface area contributed by atoms with Gasteiger partial charge in [-0.05, 0) is 25.2 Å². The highest BCUT2D eigenvalue weighted by atomic mass is 31.1. The van der Waals surface area contributed by atoms with Crippen LogP contribution in [0.5, 0.6) is 0 Å². The molecule has 3 atom stereocenters. The summed E-state index contributed by atoms with van der Waals surface area (Å²) in [6, 6.07) is 0. The van der Waals surface area contributed by atoms with Crippen molar-refractivity contribution in [2.75, 3.05) is 26.4 Å². The Morgan fingerprint density at radius 2 is 1.71 bits per heavy atom. The Bertz CT molecular complexity index is 294. The summed E-state index contributed by atoms with van der Waals surface area (Å²) in [5.74, 6) is 0.716. The van der Waals surface area contributed by atoms with Crippen LogP contribution < -0.4 is 0 Å². The second-order valence-electron chi connectivity index (χ2n) is 6.80. The van der Waals surface area contributed by atoms with E-state index in [1.54, 1.807) is 0 Å². The van der Waals surface area contributed by atoms with Crippen molar-refractivity contribution in [2.24, 2.45) is 11.3 Å². The van der Waals surface area contributed by atoms with Gasteiger partial charge in [0, 0.05) is 0 Å². The van der Waals surface area contributed by atoms with Gasteiger partial charge in [-0.25, -0.2) is 0 Å². The van der Waals surface area contributed by atoms with Crippen LogP contribution in [0.1, 0.15) is 52.9 Å². The van der Waals surface area contributed by atoms with Crippen LogP contribution in [0.15, 0.2) is 0 Å². The molecule has 2 saturated heterocycles. The first-order valence-corrected chi connectivity index (χ1v) is 9.21. The molecule has 0 amide bonds. The molecule has 0 aliphatic carbocycles. The maximum Gasteiger partial charge on any atom is 0.155 e. The van der Waals surface area contributed by atoms with Gasteiger partial charge in [0.25, 0.3) is 0 Å². The van der Waals surface area contributed by atoms with E-state index in [1.807, 2.05) is 0 Å². The number of ether oxygens (including phenoxy) is 2. The van der Waals surface area contributed by atoms with Crippen LogP contribution in [-0.2, 0) is 18.5 Å². The molecule has 2 aliphatic heterocycles. The first-order valence-electron chi connectivity index (χ1n) is 8.39. The number of hydrogen-bond donors (Lipinski definition) is 0. The highest BCUT2D eigenvalue weighted by Gasteiger charge is 2.38. The Labute approximate surface area is 131 Å². The molecule has 0 saturated carbocycles. The molecule has 21 heavy (non-hydrogen) atoms. The van der Waals surface area contributed by atoms with Gasteiger partial charge in [0.15, 0.2) is 9.03 Å². The molecule has 5 heteroatoms. The third-order valence-electron chi connectivity index (χ3n) is 4.55. The van der Waals surface area contributed by atoms with E-state index in [2.05, 4.69) is 20.8 Å². The van der Waals surface area contributed by atoms with Crippen LogP contribution >= 0.6 is 9.03 Å². The summed E-state index contributed by atoms with van der Waals surface area (Å²) in [6.07, 6.45) is 6.31. The lowest BCUT2D eigenvalue weighted by Gasteiger charge is -2.40. The Kier molecular flexibility index (Phi) is 7.37. The van der Waals surface area contributed by atoms with E-state index >= 15 is 0 Å². The van der Waals surface area contributed by atoms with Crippen molar-refractivity contribution in [1.29, 1.82) is 0 Å². The summed E-state index contributed by atoms with van der Waals surface area (Å²) < 4.78 is 23.5. The molecule has 1 spiro atoms. The summed E-state index contributed by atoms with van der Waals surface area (Å²) >= 11 is 0. The first kappa shape index (κ1) is 17.6. The van der Waals surface area contributed by atoms with Crippen LogP contribution in [0.25, 0.3) is 0 Å². The molecule has 4 nitrogen and oxygen atoms in total. The molecular weight excluding hydrogens is 287 g/mol. The average molecular weight is 318 g/mol. The monoisotopic (exact) mass is 318 g/mol. The molecule has 0 aromatic heterocycles. The third-order valence-corrected chi connectivity index (χ3v) is 5.08. The van der Waals surface area contributed by atoms with Gasteiger partial charge in [-0.15, -0.1) is 0 Å². The van der Waals surface area contributed by atoms with Crippen LogP contribution in [-0.4, -0.2) is 38.6 Å². The highest BCUT2D eigenvalue weighted by Crippen LogP contribution is 2.35. The van der Waals surface area contributed by atoms with Crippen molar-refractivity contribution in [3.8, 4) is 0 Å². The van der Waals surface area contributed by atoms with Crippen molar-refractivity contribution in [3.63, 3.8) is 0 Å². The zero-order chi connectivity index (χ0) is 15.1. The summed E-state index contributed by atoms with van der Waals surface area (Å²) in [5, 5.41) is 0. The van der Waals surface area contributed by atoms with Gasteiger partial charge in [0.1, 0.15) is 0 Å². The molecule has 2 rings (SSSR count). The van der Waals surface area contributed by atoms with E-state index in [4.69, 9.17) is 18.5 Å². The molecule has 0 aromatic carbocycles. The van der Waals surface area contributed by atoms with Crippen LogP contribution in [0, 0.1) is 11.3 Å². The molecule has 0 aromatic rings. The minimum atomic E-state index is -0.106. The summed E-state index contributed by atoms with van der Waals surface area (Å²) in [6.45, 7) is 9.54. The fourth-order valence-electron chi connectivity index (χ4n) is 3.18. The van der Waals surface area contributed by atoms with Crippen molar-refractivity contribution >= 4 is 9.03 Å². The predicted octanol–water partition coefficient (Wildman–Crippen LogP) is 3.94. The Balaban J connectivity index is 1.95. The van der Waals surface area contributed by atoms with Gasteiger partial charge in [0.2, 0.25) is 0 Å². The molecule has 2 heterocycles. The van der Waals surface area contributed by atoms with E-state index in [9.17, 15) is 0 Å². The molecule has 0 bridgehead atoms. The highest BCUT2D eigenvalue weighted by molar-refractivity contribution is 7.26. The number of rotatable bonds is 5. The third kappa shape index (κ3) is 5.44. The van der Waals surface area contributed by atoms with E-state index in [0.29, 0.717) is 44.6 Å². The van der Waals surface area contributed by atoms with Crippen molar-refractivity contribution in [3.05, 3.63) is 0 Å². The van der Waals surface area contributed by atoms with Gasteiger partial charge < -0.3 is 18.5 Å². The van der Waals surface area contributed by atoms with Crippen LogP contribution in [0.2, 0.25) is 0 Å². The summed E-state index contributed by atoms with van der Waals surface area (Å²) in [7, 11) is 0.169. The van der Waals surface area contributed by atoms with Crippen molar-refractivity contribution in [2.45, 2.75) is 65.1 Å². The predicted molar refractivity (Wildman–Crippen MR) is 85.7 cm³/mol. The fraction of sp³-hybridized carbons (Fsp3) is 1.00. The van der Waals surface area contributed by atoms with E-state index < -0.39 is 0 Å². The molecule has 0 N–H and O–H groups in total. The lowest BCUT2D eigenvalue weighted by molar-refractivity contribution is -0.149. The normalized spacial score (nSPS) is 37.3. The molecular formula is C16H31O4P. The maximum absolute atomic E-state index is 6.29. The van der Waals surface area contributed by atoms with Gasteiger partial charge in [-0.3, -0.25) is 0 Å². The van der Waals surface area contributed by atoms with Gasteiger partial charge in [-0.1, -0.05) is 33.6 Å². The molecule has 0 radical (unpaired) electrons. The van der Waals surface area contributed by atoms with E-state index in [1.165, 1.54) is 12.8 Å². The average Bonchev–Trinajstić information content (AvgIpc) is 2.48. The van der Waals surface area contributed by atoms with Gasteiger partial charge in [-0.2, -0.15) is 0 Å². The lowest BCUT2D eigenvalue weighted by Crippen LogP contribution is -2.46. The molecule has 3 unspecified atom stereocenters. The first-order chi connectivity index (χ1) is 10.2. The fourth-order valence-corrected chi connectivity index (χ4v) is 4.00. The zero-order valence-corrected chi connectivity index (χ0v) is 14.7. The second kappa shape index (κ2) is 8.79. The molecule has 2 aliphatic rings. The largest absolute Gasteiger partial charge is 0.377 e. The van der Waals surface area contributed by atoms with E-state index in [0.717, 1.165) is 19.3 Å². The minimum absolute atomic E-state index is 0.106. The Hall–Kier alpha value is 0.270. The Morgan fingerprint density at radius 3 is 2.33 bits per heavy atom. The quantitative estimate of drug-likeness (QED) is 0.720. The molecule has 124 valence electrons. The summed E-state index contributed by atoms with van der Waals surface area (Å²) in [4.78, 5) is 0. The minimum Gasteiger partial charge on any atom is -0.377 e. The Morgan fingerprint density at radius 1 is 1.05 bits per heavy atom.